The van der Waals surface area contributed by atoms with Crippen LogP contribution >= 0.6 is 0 Å². The van der Waals surface area contributed by atoms with Gasteiger partial charge in [-0.2, -0.15) is 18.4 Å². The molecule has 0 aliphatic carbocycles. The maximum Gasteiger partial charge on any atom is 0.430 e. The fourth-order valence-corrected chi connectivity index (χ4v) is 3.58. The van der Waals surface area contributed by atoms with Gasteiger partial charge in [0.2, 0.25) is 0 Å². The summed E-state index contributed by atoms with van der Waals surface area (Å²) in [4.78, 5) is 25.3. The summed E-state index contributed by atoms with van der Waals surface area (Å²) in [5, 5.41) is 35.0. The summed E-state index contributed by atoms with van der Waals surface area (Å²) >= 11 is 0. The van der Waals surface area contributed by atoms with E-state index >= 15 is 0 Å². The number of nitrogens with zero attached hydrogens (tertiary/aromatic N) is 4. The summed E-state index contributed by atoms with van der Waals surface area (Å²) in [7, 11) is 0. The number of halogens is 3. The predicted molar refractivity (Wildman–Crippen MR) is 106 cm³/mol. The van der Waals surface area contributed by atoms with Crippen molar-refractivity contribution in [2.45, 2.75) is 39.3 Å². The number of quaternary nitrogens is 1. The molecule has 0 bridgehead atoms. The summed E-state index contributed by atoms with van der Waals surface area (Å²) in [6.45, 7) is 7.70. The lowest BCUT2D eigenvalue weighted by atomic mass is 9.71. The molecule has 13 heteroatoms. The lowest BCUT2D eigenvalue weighted by Gasteiger charge is -2.32. The second-order valence-corrected chi connectivity index (χ2v) is 8.56. The van der Waals surface area contributed by atoms with Gasteiger partial charge >= 0.3 is 12.1 Å². The van der Waals surface area contributed by atoms with Crippen molar-refractivity contribution in [1.82, 2.24) is 25.6 Å². The first kappa shape index (κ1) is 25.9. The first-order valence-corrected chi connectivity index (χ1v) is 10.0. The normalized spacial score (nSPS) is 15.8. The third kappa shape index (κ3) is 7.34. The van der Waals surface area contributed by atoms with Crippen LogP contribution in [-0.4, -0.2) is 61.9 Å². The molecule has 10 nitrogen and oxygen atoms in total. The van der Waals surface area contributed by atoms with Crippen molar-refractivity contribution in [1.29, 1.82) is 0 Å². The molecule has 33 heavy (non-hydrogen) atoms. The minimum Gasteiger partial charge on any atom is -0.542 e. The van der Waals surface area contributed by atoms with Crippen molar-refractivity contribution in [3.8, 4) is 0 Å². The number of alkyl halides is 3. The van der Waals surface area contributed by atoms with E-state index in [9.17, 15) is 23.1 Å². The van der Waals surface area contributed by atoms with Gasteiger partial charge in [-0.25, -0.2) is 0 Å². The standard InChI is InChI=1S/C18H24N6O2.C2HF3O2/c1-18(2,3)15(17(25)26)13(16-21-23-24-22-16)8-11-4-5-14(20-9-11)12-6-7-19-10-12;3-2(4,5)1(6)7/h4-6,9,13,15,19H,7-8,10H2,1-3H3,(H,25,26)(H,21,22,23,24);(H,6,7)/t13-,15-;/m0./s1. The maximum atomic E-state index is 12.0. The SMILES string of the molecule is CC(C)(C)[C@H](C(=O)O)[C@H](Cc1ccc(C2=CC[NH2+]C2)nc1)c1nn[nH]n1.O=C([O-])C(F)(F)F. The Balaban J connectivity index is 0.000000479. The van der Waals surface area contributed by atoms with Crippen molar-refractivity contribution in [3.05, 3.63) is 41.5 Å². The van der Waals surface area contributed by atoms with Crippen molar-refractivity contribution in [3.63, 3.8) is 0 Å². The van der Waals surface area contributed by atoms with Crippen molar-refractivity contribution < 1.29 is 38.3 Å². The van der Waals surface area contributed by atoms with Crippen LogP contribution in [0.2, 0.25) is 0 Å². The van der Waals surface area contributed by atoms with E-state index in [2.05, 4.69) is 37.0 Å². The average Bonchev–Trinajstić information content (AvgIpc) is 3.41. The number of rotatable bonds is 6. The van der Waals surface area contributed by atoms with Crippen LogP contribution in [0.5, 0.6) is 0 Å². The van der Waals surface area contributed by atoms with Gasteiger partial charge in [0.1, 0.15) is 12.5 Å². The van der Waals surface area contributed by atoms with Gasteiger partial charge in [-0.15, -0.1) is 10.2 Å². The van der Waals surface area contributed by atoms with E-state index in [1.54, 1.807) is 0 Å². The molecule has 4 N–H and O–H groups in total. The molecule has 0 amide bonds. The summed E-state index contributed by atoms with van der Waals surface area (Å²) in [5.41, 5.74) is 2.73. The Bertz CT molecular complexity index is 969. The lowest BCUT2D eigenvalue weighted by molar-refractivity contribution is -0.628. The van der Waals surface area contributed by atoms with Crippen LogP contribution < -0.4 is 10.4 Å². The molecule has 1 aliphatic heterocycles. The second-order valence-electron chi connectivity index (χ2n) is 8.56. The van der Waals surface area contributed by atoms with Gasteiger partial charge in [-0.3, -0.25) is 9.78 Å². The molecule has 180 valence electrons. The van der Waals surface area contributed by atoms with E-state index in [1.165, 1.54) is 5.57 Å². The molecule has 0 saturated heterocycles. The van der Waals surface area contributed by atoms with Crippen LogP contribution in [0.1, 0.15) is 43.8 Å². The van der Waals surface area contributed by atoms with Crippen molar-refractivity contribution >= 4 is 17.5 Å². The molecule has 0 aromatic carbocycles. The van der Waals surface area contributed by atoms with Crippen LogP contribution in [0.15, 0.2) is 24.4 Å². The molecule has 0 radical (unpaired) electrons. The Labute approximate surface area is 187 Å². The molecule has 0 spiro atoms. The molecule has 0 saturated carbocycles. The van der Waals surface area contributed by atoms with Gasteiger partial charge in [0, 0.05) is 17.7 Å². The second kappa shape index (κ2) is 10.5. The summed E-state index contributed by atoms with van der Waals surface area (Å²) in [5.74, 6) is -4.48. The van der Waals surface area contributed by atoms with Gasteiger partial charge in [0.05, 0.1) is 18.2 Å². The third-order valence-corrected chi connectivity index (χ3v) is 5.03. The predicted octanol–water partition coefficient (Wildman–Crippen LogP) is -0.0731. The zero-order valence-corrected chi connectivity index (χ0v) is 18.3. The van der Waals surface area contributed by atoms with E-state index in [0.29, 0.717) is 12.2 Å². The Hall–Kier alpha value is -3.35. The number of hydrogen-bond donors (Lipinski definition) is 3. The minimum atomic E-state index is -5.19. The fourth-order valence-electron chi connectivity index (χ4n) is 3.58. The number of aliphatic carboxylic acids is 2. The molecule has 2 atom stereocenters. The van der Waals surface area contributed by atoms with Gasteiger partial charge in [-0.1, -0.05) is 32.1 Å². The molecular formula is C20H25F3N6O4. The molecule has 3 rings (SSSR count). The zero-order chi connectivity index (χ0) is 24.8. The number of carbonyl (C=O) groups is 2. The average molecular weight is 470 g/mol. The van der Waals surface area contributed by atoms with E-state index in [0.717, 1.165) is 24.3 Å². The first-order valence-electron chi connectivity index (χ1n) is 10.0. The number of H-pyrrole nitrogens is 1. The number of carboxylic acid groups (broad SMARTS) is 2. The van der Waals surface area contributed by atoms with Crippen LogP contribution in [0.25, 0.3) is 5.57 Å². The molecule has 0 unspecified atom stereocenters. The highest BCUT2D eigenvalue weighted by atomic mass is 19.4. The van der Waals surface area contributed by atoms with Gasteiger partial charge in [0.15, 0.2) is 5.82 Å². The molecule has 1 aliphatic rings. The van der Waals surface area contributed by atoms with Crippen LogP contribution in [0, 0.1) is 11.3 Å². The molecular weight excluding hydrogens is 445 g/mol. The van der Waals surface area contributed by atoms with Gasteiger partial charge < -0.3 is 20.3 Å². The number of nitrogens with two attached hydrogens (primary N) is 1. The Morgan fingerprint density at radius 1 is 1.27 bits per heavy atom. The number of pyridine rings is 1. The minimum absolute atomic E-state index is 0.391. The quantitative estimate of drug-likeness (QED) is 0.528. The van der Waals surface area contributed by atoms with E-state index in [4.69, 9.17) is 9.90 Å². The van der Waals surface area contributed by atoms with Crippen LogP contribution in [-0.2, 0) is 16.0 Å². The van der Waals surface area contributed by atoms with Crippen molar-refractivity contribution in [2.24, 2.45) is 11.3 Å². The third-order valence-electron chi connectivity index (χ3n) is 5.03. The highest BCUT2D eigenvalue weighted by Crippen LogP contribution is 2.38. The molecule has 2 aromatic rings. The Morgan fingerprint density at radius 3 is 2.33 bits per heavy atom. The van der Waals surface area contributed by atoms with E-state index in [1.807, 2.05) is 39.1 Å². The lowest BCUT2D eigenvalue weighted by Crippen LogP contribution is -2.81. The number of tetrazole rings is 1. The van der Waals surface area contributed by atoms with Gasteiger partial charge in [-0.05, 0) is 29.5 Å². The number of aromatic amines is 1. The Morgan fingerprint density at radius 2 is 1.94 bits per heavy atom. The zero-order valence-electron chi connectivity index (χ0n) is 18.3. The number of aromatic nitrogens is 5. The fraction of sp³-hybridized carbons (Fsp3) is 0.500. The summed E-state index contributed by atoms with van der Waals surface area (Å²) in [6.07, 6.45) is -0.695. The van der Waals surface area contributed by atoms with Gasteiger partial charge in [0.25, 0.3) is 0 Å². The molecule has 0 fully saturated rings. The number of carboxylic acids is 2. The molecule has 3 heterocycles. The van der Waals surface area contributed by atoms with Crippen LogP contribution in [0.4, 0.5) is 13.2 Å². The summed E-state index contributed by atoms with van der Waals surface area (Å²) < 4.78 is 31.5. The topological polar surface area (TPSA) is 161 Å². The van der Waals surface area contributed by atoms with E-state index < -0.39 is 35.4 Å². The maximum absolute atomic E-state index is 12.0. The van der Waals surface area contributed by atoms with Crippen LogP contribution in [0.3, 0.4) is 0 Å². The smallest absolute Gasteiger partial charge is 0.430 e. The summed E-state index contributed by atoms with van der Waals surface area (Å²) in [6, 6.07) is 4.01. The number of carbonyl (C=O) groups excluding carboxylic acids is 1. The first-order chi connectivity index (χ1) is 15.3. The monoisotopic (exact) mass is 470 g/mol. The van der Waals surface area contributed by atoms with Crippen molar-refractivity contribution in [2.75, 3.05) is 13.1 Å². The number of nitrogens with one attached hydrogen (secondary N) is 1. The highest BCUT2D eigenvalue weighted by Gasteiger charge is 2.41. The molecule has 2 aromatic heterocycles. The largest absolute Gasteiger partial charge is 0.542 e. The highest BCUT2D eigenvalue weighted by molar-refractivity contribution is 5.72. The van der Waals surface area contributed by atoms with E-state index in [-0.39, 0.29) is 0 Å². The number of hydrogen-bond acceptors (Lipinski definition) is 7. The Kier molecular flexibility index (Phi) is 8.25.